The molecule has 2 heterocycles. The van der Waals surface area contributed by atoms with E-state index < -0.39 is 44.5 Å². The summed E-state index contributed by atoms with van der Waals surface area (Å²) in [5, 5.41) is 14.1. The third kappa shape index (κ3) is 11.0. The quantitative estimate of drug-likeness (QED) is 0.206. The standard InChI is InChI=1S/C27H37N3O7S.CH4O3S/c1-18(2)15-30(38(33,34)21-10-8-20(28)9-11-21)16-24(31)23(14-19-6-4-3-5-7-19)29-27(32)37-25-17-36-26-22(25)12-13-35-26;1-5(2,3)4/h3-11,18,22-26,31H,12-17,28H2,1-2H3,(H,29,32);1H3,(H,2,3,4)/t22-,23?,24?,25-,26+;/m0./s1. The summed E-state index contributed by atoms with van der Waals surface area (Å²) in [4.78, 5) is 13.0. The number of hydrogen-bond donors (Lipinski definition) is 4. The van der Waals surface area contributed by atoms with E-state index in [0.717, 1.165) is 12.0 Å². The molecule has 2 unspecified atom stereocenters. The summed E-state index contributed by atoms with van der Waals surface area (Å²) in [7, 11) is -7.59. The number of sulfonamides is 1. The number of ether oxygens (including phenoxy) is 3. The van der Waals surface area contributed by atoms with E-state index in [-0.39, 0.29) is 49.1 Å². The molecule has 15 heteroatoms. The molecular weight excluding hydrogens is 602 g/mol. The Balaban J connectivity index is 0.000000934. The molecule has 2 aromatic carbocycles. The third-order valence-electron chi connectivity index (χ3n) is 6.79. The topological polar surface area (TPSA) is 195 Å². The number of benzene rings is 2. The van der Waals surface area contributed by atoms with Gasteiger partial charge in [0, 0.05) is 18.8 Å². The molecule has 2 aliphatic rings. The van der Waals surface area contributed by atoms with E-state index >= 15 is 0 Å². The van der Waals surface area contributed by atoms with Crippen LogP contribution < -0.4 is 11.1 Å². The van der Waals surface area contributed by atoms with Crippen molar-refractivity contribution in [2.45, 2.75) is 56.1 Å². The van der Waals surface area contributed by atoms with Gasteiger partial charge < -0.3 is 30.4 Å². The van der Waals surface area contributed by atoms with Crippen LogP contribution in [0.4, 0.5) is 10.5 Å². The predicted molar refractivity (Wildman–Crippen MR) is 159 cm³/mol. The fourth-order valence-corrected chi connectivity index (χ4v) is 6.45. The smallest absolute Gasteiger partial charge is 0.407 e. The van der Waals surface area contributed by atoms with Crippen molar-refractivity contribution >= 4 is 31.9 Å². The van der Waals surface area contributed by atoms with Crippen molar-refractivity contribution in [1.82, 2.24) is 9.62 Å². The molecule has 0 saturated carbocycles. The maximum Gasteiger partial charge on any atom is 0.407 e. The Labute approximate surface area is 253 Å². The van der Waals surface area contributed by atoms with Gasteiger partial charge in [-0.25, -0.2) is 13.2 Å². The molecule has 0 bridgehead atoms. The van der Waals surface area contributed by atoms with Crippen LogP contribution in [0.15, 0.2) is 59.5 Å². The number of aliphatic hydroxyl groups excluding tert-OH is 1. The molecule has 43 heavy (non-hydrogen) atoms. The minimum absolute atomic E-state index is 0.000183. The van der Waals surface area contributed by atoms with Gasteiger partial charge in [0.15, 0.2) is 6.29 Å². The van der Waals surface area contributed by atoms with E-state index in [4.69, 9.17) is 24.5 Å². The Morgan fingerprint density at radius 1 is 1.07 bits per heavy atom. The van der Waals surface area contributed by atoms with Gasteiger partial charge in [0.1, 0.15) is 6.10 Å². The average Bonchev–Trinajstić information content (AvgIpc) is 3.53. The molecule has 240 valence electrons. The van der Waals surface area contributed by atoms with Crippen molar-refractivity contribution in [1.29, 1.82) is 0 Å². The molecule has 13 nitrogen and oxygen atoms in total. The molecule has 0 radical (unpaired) electrons. The zero-order valence-electron chi connectivity index (χ0n) is 24.4. The fourth-order valence-electron chi connectivity index (χ4n) is 4.82. The lowest BCUT2D eigenvalue weighted by molar-refractivity contribution is -0.0907. The van der Waals surface area contributed by atoms with Crippen LogP contribution in [-0.2, 0) is 40.8 Å². The van der Waals surface area contributed by atoms with Crippen LogP contribution in [0.2, 0.25) is 0 Å². The molecule has 5 atom stereocenters. The van der Waals surface area contributed by atoms with Crippen molar-refractivity contribution in [2.24, 2.45) is 11.8 Å². The zero-order chi connectivity index (χ0) is 31.8. The summed E-state index contributed by atoms with van der Waals surface area (Å²) < 4.78 is 70.8. The van der Waals surface area contributed by atoms with Crippen LogP contribution in [0.3, 0.4) is 0 Å². The van der Waals surface area contributed by atoms with Crippen molar-refractivity contribution < 1.29 is 45.5 Å². The highest BCUT2D eigenvalue weighted by Crippen LogP contribution is 2.33. The number of rotatable bonds is 11. The fraction of sp³-hybridized carbons (Fsp3) is 0.536. The Bertz CT molecular complexity index is 1380. The van der Waals surface area contributed by atoms with Crippen molar-refractivity contribution in [2.75, 3.05) is 38.3 Å². The van der Waals surface area contributed by atoms with Crippen molar-refractivity contribution in [3.8, 4) is 0 Å². The highest BCUT2D eigenvalue weighted by molar-refractivity contribution is 7.89. The van der Waals surface area contributed by atoms with Gasteiger partial charge in [-0.05, 0) is 48.6 Å². The molecular formula is C28H41N3O10S2. The van der Waals surface area contributed by atoms with Crippen LogP contribution in [0.25, 0.3) is 0 Å². The number of nitrogens with one attached hydrogen (secondary N) is 1. The van der Waals surface area contributed by atoms with E-state index in [1.165, 1.54) is 28.6 Å². The second kappa shape index (κ2) is 15.3. The van der Waals surface area contributed by atoms with Crippen LogP contribution in [0.5, 0.6) is 0 Å². The minimum Gasteiger partial charge on any atom is -0.443 e. The number of aliphatic hydroxyl groups is 1. The normalized spacial score (nSPS) is 21.5. The van der Waals surface area contributed by atoms with Gasteiger partial charge in [-0.1, -0.05) is 44.2 Å². The van der Waals surface area contributed by atoms with Gasteiger partial charge in [-0.15, -0.1) is 0 Å². The Morgan fingerprint density at radius 2 is 1.70 bits per heavy atom. The maximum atomic E-state index is 13.5. The van der Waals surface area contributed by atoms with E-state index in [1.807, 2.05) is 44.2 Å². The first kappa shape index (κ1) is 34.7. The molecule has 0 spiro atoms. The summed E-state index contributed by atoms with van der Waals surface area (Å²) in [6.07, 6.45) is -0.971. The molecule has 2 fully saturated rings. The van der Waals surface area contributed by atoms with Crippen LogP contribution in [-0.4, -0.2) is 94.0 Å². The molecule has 2 saturated heterocycles. The lowest BCUT2D eigenvalue weighted by Gasteiger charge is -2.31. The van der Waals surface area contributed by atoms with Gasteiger partial charge in [-0.2, -0.15) is 12.7 Å². The van der Waals surface area contributed by atoms with Crippen LogP contribution >= 0.6 is 0 Å². The van der Waals surface area contributed by atoms with E-state index in [9.17, 15) is 26.7 Å². The van der Waals surface area contributed by atoms with E-state index in [1.54, 1.807) is 0 Å². The average molecular weight is 644 g/mol. The predicted octanol–water partition coefficient (Wildman–Crippen LogP) is 1.88. The number of hydrogen-bond acceptors (Lipinski definition) is 10. The summed E-state index contributed by atoms with van der Waals surface area (Å²) in [5.74, 6) is -0.0231. The monoisotopic (exact) mass is 643 g/mol. The van der Waals surface area contributed by atoms with Gasteiger partial charge in [0.05, 0.1) is 42.4 Å². The molecule has 5 N–H and O–H groups in total. The highest BCUT2D eigenvalue weighted by atomic mass is 32.2. The number of carbonyl (C=O) groups is 1. The van der Waals surface area contributed by atoms with Gasteiger partial charge in [-0.3, -0.25) is 4.55 Å². The first-order valence-corrected chi connectivity index (χ1v) is 17.1. The number of fused-ring (bicyclic) bond motifs is 1. The van der Waals surface area contributed by atoms with Gasteiger partial charge >= 0.3 is 6.09 Å². The lowest BCUT2D eigenvalue weighted by atomic mass is 10.0. The molecule has 2 aromatic rings. The first-order chi connectivity index (χ1) is 20.1. The van der Waals surface area contributed by atoms with Gasteiger partial charge in [0.2, 0.25) is 10.0 Å². The minimum atomic E-state index is -3.93. The SMILES string of the molecule is CC(C)CN(CC(O)C(Cc1ccccc1)NC(=O)O[C@H]1CO[C@H]2OCC[C@H]21)S(=O)(=O)c1ccc(N)cc1.CS(=O)(=O)O. The highest BCUT2D eigenvalue weighted by Gasteiger charge is 2.44. The Morgan fingerprint density at radius 3 is 2.30 bits per heavy atom. The molecule has 4 rings (SSSR count). The first-order valence-electron chi connectivity index (χ1n) is 13.8. The van der Waals surface area contributed by atoms with Crippen molar-refractivity contribution in [3.63, 3.8) is 0 Å². The Hall–Kier alpha value is -2.79. The number of nitrogens with two attached hydrogens (primary N) is 1. The maximum absolute atomic E-state index is 13.5. The number of alkyl carbamates (subject to hydrolysis) is 1. The number of carbonyl (C=O) groups excluding carboxylic acids is 1. The van der Waals surface area contributed by atoms with Crippen LogP contribution in [0, 0.1) is 11.8 Å². The number of nitrogens with zero attached hydrogens (tertiary/aromatic N) is 1. The molecule has 0 aromatic heterocycles. The summed E-state index contributed by atoms with van der Waals surface area (Å²) in [6.45, 7) is 4.58. The van der Waals surface area contributed by atoms with Crippen molar-refractivity contribution in [3.05, 3.63) is 60.2 Å². The second-order valence-electron chi connectivity index (χ2n) is 11.0. The third-order valence-corrected chi connectivity index (χ3v) is 8.63. The Kier molecular flexibility index (Phi) is 12.3. The van der Waals surface area contributed by atoms with Gasteiger partial charge in [0.25, 0.3) is 10.1 Å². The molecule has 0 aliphatic carbocycles. The zero-order valence-corrected chi connectivity index (χ0v) is 26.0. The van der Waals surface area contributed by atoms with E-state index in [0.29, 0.717) is 18.6 Å². The van der Waals surface area contributed by atoms with E-state index in [2.05, 4.69) is 5.32 Å². The summed E-state index contributed by atoms with van der Waals surface area (Å²) >= 11 is 0. The molecule has 2 aliphatic heterocycles. The largest absolute Gasteiger partial charge is 0.443 e. The molecule has 1 amide bonds. The summed E-state index contributed by atoms with van der Waals surface area (Å²) in [6, 6.07) is 14.5. The summed E-state index contributed by atoms with van der Waals surface area (Å²) in [5.41, 5.74) is 7.07. The van der Waals surface area contributed by atoms with Crippen LogP contribution in [0.1, 0.15) is 25.8 Å². The number of anilines is 1. The number of nitrogen functional groups attached to an aromatic ring is 1. The number of amides is 1. The second-order valence-corrected chi connectivity index (χ2v) is 14.4. The lowest BCUT2D eigenvalue weighted by Crippen LogP contribution is -2.51.